The van der Waals surface area contributed by atoms with Crippen molar-refractivity contribution >= 4 is 18.5 Å². The molecule has 0 spiro atoms. The Hall–Kier alpha value is 0.340. The highest BCUT2D eigenvalue weighted by Gasteiger charge is 1.96. The van der Waals surface area contributed by atoms with Gasteiger partial charge in [0.25, 0.3) is 0 Å². The number of rotatable bonds is 0. The molecule has 2 unspecified atom stereocenters. The lowest BCUT2D eigenvalue weighted by atomic mass is 10.5. The summed E-state index contributed by atoms with van der Waals surface area (Å²) in [7, 11) is 5.39. The molecule has 0 saturated heterocycles. The molecule has 1 aliphatic rings. The summed E-state index contributed by atoms with van der Waals surface area (Å²) >= 11 is 0. The minimum Gasteiger partial charge on any atom is -0.109 e. The van der Waals surface area contributed by atoms with Gasteiger partial charge in [-0.2, -0.15) is 0 Å². The third-order valence-corrected chi connectivity index (χ3v) is 2.47. The van der Waals surface area contributed by atoms with Crippen LogP contribution in [0.3, 0.4) is 0 Å². The molecule has 2 heteroatoms. The minimum absolute atomic E-state index is 1.11. The molecular weight excluding hydrogens is 122 g/mol. The third-order valence-electron chi connectivity index (χ3n) is 1.01. The zero-order chi connectivity index (χ0) is 5.28. The van der Waals surface area contributed by atoms with Crippen molar-refractivity contribution in [2.75, 3.05) is 0 Å². The van der Waals surface area contributed by atoms with Crippen molar-refractivity contribution in [2.24, 2.45) is 0 Å². The van der Waals surface area contributed by atoms with Crippen LogP contribution in [0.15, 0.2) is 22.8 Å². The van der Waals surface area contributed by atoms with Crippen molar-refractivity contribution in [3.8, 4) is 0 Å². The summed E-state index contributed by atoms with van der Waals surface area (Å²) < 4.78 is 0. The summed E-state index contributed by atoms with van der Waals surface area (Å²) in [6, 6.07) is 0. The van der Waals surface area contributed by atoms with Crippen LogP contribution in [0.2, 0.25) is 0 Å². The van der Waals surface area contributed by atoms with Crippen molar-refractivity contribution in [3.63, 3.8) is 0 Å². The molecule has 1 rings (SSSR count). The van der Waals surface area contributed by atoms with E-state index < -0.39 is 0 Å². The molecule has 38 valence electrons. The van der Waals surface area contributed by atoms with E-state index in [9.17, 15) is 0 Å². The Morgan fingerprint density at radius 3 is 2.29 bits per heavy atom. The molecule has 0 saturated carbocycles. The highest BCUT2D eigenvalue weighted by Crippen LogP contribution is 2.28. The Balaban J connectivity index is 2.79. The Bertz CT molecular complexity index is 133. The lowest BCUT2D eigenvalue weighted by Crippen LogP contribution is -1.57. The Labute approximate surface area is 48.5 Å². The lowest BCUT2D eigenvalue weighted by Gasteiger charge is -1.87. The van der Waals surface area contributed by atoms with E-state index in [0.717, 1.165) is 6.42 Å². The van der Waals surface area contributed by atoms with Crippen LogP contribution in [0.25, 0.3) is 0 Å². The van der Waals surface area contributed by atoms with Gasteiger partial charge in [-0.3, -0.25) is 0 Å². The van der Waals surface area contributed by atoms with Crippen LogP contribution in [0, 0.1) is 0 Å². The first-order chi connectivity index (χ1) is 3.30. The molecule has 0 heterocycles. The van der Waals surface area contributed by atoms with Crippen LogP contribution in [-0.4, -0.2) is 0 Å². The largest absolute Gasteiger partial charge is 0.109 e. The highest BCUT2D eigenvalue weighted by molar-refractivity contribution is 7.28. The maximum absolute atomic E-state index is 2.71. The zero-order valence-corrected chi connectivity index (χ0v) is 6.33. The highest BCUT2D eigenvalue weighted by atomic mass is 31.0. The van der Waals surface area contributed by atoms with Crippen LogP contribution in [0.1, 0.15) is 6.42 Å². The molecule has 2 atom stereocenters. The fourth-order valence-corrected chi connectivity index (χ4v) is 1.02. The van der Waals surface area contributed by atoms with E-state index in [2.05, 4.69) is 30.6 Å². The van der Waals surface area contributed by atoms with Crippen molar-refractivity contribution in [1.29, 1.82) is 0 Å². The van der Waals surface area contributed by atoms with E-state index in [-0.39, 0.29) is 0 Å². The second kappa shape index (κ2) is 2.07. The molecule has 0 aliphatic heterocycles. The lowest BCUT2D eigenvalue weighted by molar-refractivity contribution is 1.41. The maximum atomic E-state index is 2.71. The molecular formula is C5H8P2. The fourth-order valence-electron chi connectivity index (χ4n) is 0.538. The number of allylic oxidation sites excluding steroid dienone is 4. The second-order valence-corrected chi connectivity index (χ2v) is 2.91. The van der Waals surface area contributed by atoms with Gasteiger partial charge in [0.15, 0.2) is 0 Å². The van der Waals surface area contributed by atoms with E-state index in [1.807, 2.05) is 0 Å². The average Bonchev–Trinajstić information content (AvgIpc) is 1.91. The van der Waals surface area contributed by atoms with Crippen LogP contribution in [0.5, 0.6) is 0 Å². The average molecular weight is 130 g/mol. The predicted molar refractivity (Wildman–Crippen MR) is 40.2 cm³/mol. The summed E-state index contributed by atoms with van der Waals surface area (Å²) in [5.74, 6) is 0. The van der Waals surface area contributed by atoms with E-state index in [4.69, 9.17) is 0 Å². The van der Waals surface area contributed by atoms with Crippen molar-refractivity contribution < 1.29 is 0 Å². The Morgan fingerprint density at radius 2 is 2.14 bits per heavy atom. The first-order valence-electron chi connectivity index (χ1n) is 2.21. The number of hydrogen-bond acceptors (Lipinski definition) is 0. The van der Waals surface area contributed by atoms with E-state index in [1.54, 1.807) is 0 Å². The van der Waals surface area contributed by atoms with Crippen LogP contribution < -0.4 is 0 Å². The van der Waals surface area contributed by atoms with E-state index in [1.165, 1.54) is 10.6 Å². The molecule has 0 aromatic rings. The zero-order valence-electron chi connectivity index (χ0n) is 4.02. The Kier molecular flexibility index (Phi) is 1.62. The number of hydrogen-bond donors (Lipinski definition) is 0. The fraction of sp³-hybridized carbons (Fsp3) is 0.200. The summed E-state index contributed by atoms with van der Waals surface area (Å²) in [6.45, 7) is 0. The monoisotopic (exact) mass is 130 g/mol. The van der Waals surface area contributed by atoms with Gasteiger partial charge in [-0.25, -0.2) is 0 Å². The second-order valence-electron chi connectivity index (χ2n) is 1.59. The van der Waals surface area contributed by atoms with Gasteiger partial charge in [0.1, 0.15) is 0 Å². The van der Waals surface area contributed by atoms with Gasteiger partial charge in [-0.05, 0) is 17.0 Å². The summed E-state index contributed by atoms with van der Waals surface area (Å²) in [5, 5.41) is 2.72. The molecule has 0 bridgehead atoms. The van der Waals surface area contributed by atoms with Gasteiger partial charge < -0.3 is 0 Å². The molecule has 0 aromatic heterocycles. The minimum atomic E-state index is 1.11. The van der Waals surface area contributed by atoms with Gasteiger partial charge in [-0.15, -0.1) is 18.5 Å². The normalized spacial score (nSPS) is 19.1. The molecule has 1 aliphatic carbocycles. The first-order valence-corrected chi connectivity index (χ1v) is 3.37. The maximum Gasteiger partial charge on any atom is -0.00888 e. The Morgan fingerprint density at radius 1 is 1.43 bits per heavy atom. The molecule has 0 fully saturated rings. The topological polar surface area (TPSA) is 0 Å². The molecule has 7 heavy (non-hydrogen) atoms. The quantitative estimate of drug-likeness (QED) is 0.439. The van der Waals surface area contributed by atoms with Gasteiger partial charge in [0.2, 0.25) is 0 Å². The van der Waals surface area contributed by atoms with Gasteiger partial charge >= 0.3 is 0 Å². The standard InChI is InChI=1S/C5H8P2/c6-4-2-1-3-5(4)7/h1-2H,3,6-7H2. The summed E-state index contributed by atoms with van der Waals surface area (Å²) in [4.78, 5) is 0. The molecule has 0 N–H and O–H groups in total. The first kappa shape index (κ1) is 5.48. The predicted octanol–water partition coefficient (Wildman–Crippen LogP) is 1.91. The SMILES string of the molecule is PC1=C(P)CC=C1. The van der Waals surface area contributed by atoms with Crippen molar-refractivity contribution in [2.45, 2.75) is 6.42 Å². The van der Waals surface area contributed by atoms with Crippen molar-refractivity contribution in [1.82, 2.24) is 0 Å². The van der Waals surface area contributed by atoms with Gasteiger partial charge in [0.05, 0.1) is 0 Å². The molecule has 0 aromatic carbocycles. The smallest absolute Gasteiger partial charge is 0.00888 e. The van der Waals surface area contributed by atoms with E-state index >= 15 is 0 Å². The summed E-state index contributed by atoms with van der Waals surface area (Å²) in [6.07, 6.45) is 5.39. The summed E-state index contributed by atoms with van der Waals surface area (Å²) in [5.41, 5.74) is 0. The van der Waals surface area contributed by atoms with Gasteiger partial charge in [0, 0.05) is 0 Å². The molecule has 0 radical (unpaired) electrons. The van der Waals surface area contributed by atoms with Crippen LogP contribution in [-0.2, 0) is 0 Å². The third kappa shape index (κ3) is 1.12. The van der Waals surface area contributed by atoms with Crippen molar-refractivity contribution in [3.05, 3.63) is 22.8 Å². The molecule has 0 nitrogen and oxygen atoms in total. The van der Waals surface area contributed by atoms with E-state index in [0.29, 0.717) is 0 Å². The van der Waals surface area contributed by atoms with Crippen LogP contribution >= 0.6 is 18.5 Å². The van der Waals surface area contributed by atoms with Crippen LogP contribution in [0.4, 0.5) is 0 Å². The molecule has 0 amide bonds. The van der Waals surface area contributed by atoms with Gasteiger partial charge in [-0.1, -0.05) is 12.2 Å².